The molecule has 2 rings (SSSR count). The lowest BCUT2D eigenvalue weighted by molar-refractivity contribution is 0.0481. The van der Waals surface area contributed by atoms with Gasteiger partial charge in [-0.2, -0.15) is 0 Å². The van der Waals surface area contributed by atoms with Gasteiger partial charge in [-0.3, -0.25) is 0 Å². The predicted molar refractivity (Wildman–Crippen MR) is 87.6 cm³/mol. The smallest absolute Gasteiger partial charge is 0.233 e. The van der Waals surface area contributed by atoms with E-state index in [0.717, 1.165) is 0 Å². The van der Waals surface area contributed by atoms with Crippen LogP contribution in [0, 0.1) is 0 Å². The van der Waals surface area contributed by atoms with Crippen molar-refractivity contribution in [3.8, 4) is 17.4 Å². The first-order valence-electron chi connectivity index (χ1n) is 6.39. The van der Waals surface area contributed by atoms with Gasteiger partial charge < -0.3 is 14.6 Å². The summed E-state index contributed by atoms with van der Waals surface area (Å²) in [4.78, 5) is 4.07. The van der Waals surface area contributed by atoms with Gasteiger partial charge in [-0.25, -0.2) is 4.98 Å². The van der Waals surface area contributed by atoms with Crippen LogP contribution in [0.15, 0.2) is 30.5 Å². The highest BCUT2D eigenvalue weighted by atomic mass is 35.5. The Balaban J connectivity index is 2.09. The zero-order valence-corrected chi connectivity index (χ0v) is 14.2. The molecule has 0 aliphatic carbocycles. The molecular weight excluding hydrogens is 349 g/mol. The van der Waals surface area contributed by atoms with Crippen LogP contribution in [-0.4, -0.2) is 22.3 Å². The van der Waals surface area contributed by atoms with Crippen molar-refractivity contribution in [3.63, 3.8) is 0 Å². The summed E-state index contributed by atoms with van der Waals surface area (Å²) >= 11 is 18.0. The van der Waals surface area contributed by atoms with Crippen molar-refractivity contribution < 1.29 is 14.6 Å². The van der Waals surface area contributed by atoms with Crippen molar-refractivity contribution in [1.29, 1.82) is 0 Å². The number of aromatic hydroxyl groups is 1. The summed E-state index contributed by atoms with van der Waals surface area (Å²) in [6.07, 6.45) is 1.59. The maximum Gasteiger partial charge on any atom is 0.233 e. The van der Waals surface area contributed by atoms with Gasteiger partial charge in [0.15, 0.2) is 5.75 Å². The van der Waals surface area contributed by atoms with Crippen molar-refractivity contribution in [2.75, 3.05) is 6.61 Å². The van der Waals surface area contributed by atoms with Gasteiger partial charge in [0, 0.05) is 18.3 Å². The molecule has 0 saturated heterocycles. The summed E-state index contributed by atoms with van der Waals surface area (Å²) in [5, 5.41) is 10.3. The molecule has 2 aromatic rings. The second kappa shape index (κ2) is 6.82. The SMILES string of the molecule is CC(C)(COc1c(Cl)cc(O)cc1Cl)Oc1ncccc1Cl. The van der Waals surface area contributed by atoms with Crippen LogP contribution in [0.2, 0.25) is 15.1 Å². The Morgan fingerprint density at radius 2 is 1.77 bits per heavy atom. The van der Waals surface area contributed by atoms with Gasteiger partial charge in [0.05, 0.1) is 10.0 Å². The first kappa shape index (κ1) is 17.0. The molecule has 0 atom stereocenters. The molecule has 0 radical (unpaired) electrons. The van der Waals surface area contributed by atoms with E-state index < -0.39 is 5.60 Å². The number of aromatic nitrogens is 1. The lowest BCUT2D eigenvalue weighted by Crippen LogP contribution is -2.36. The summed E-state index contributed by atoms with van der Waals surface area (Å²) in [7, 11) is 0. The lowest BCUT2D eigenvalue weighted by Gasteiger charge is -2.26. The number of pyridine rings is 1. The second-order valence-corrected chi connectivity index (χ2v) is 6.40. The molecule has 1 aromatic heterocycles. The quantitative estimate of drug-likeness (QED) is 0.814. The van der Waals surface area contributed by atoms with Crippen LogP contribution in [0.25, 0.3) is 0 Å². The van der Waals surface area contributed by atoms with Gasteiger partial charge in [-0.15, -0.1) is 0 Å². The highest BCUT2D eigenvalue weighted by molar-refractivity contribution is 6.37. The lowest BCUT2D eigenvalue weighted by atomic mass is 10.1. The van der Waals surface area contributed by atoms with Crippen LogP contribution in [0.4, 0.5) is 0 Å². The Labute approximate surface area is 143 Å². The monoisotopic (exact) mass is 361 g/mol. The summed E-state index contributed by atoms with van der Waals surface area (Å²) in [5.74, 6) is 0.573. The number of rotatable bonds is 5. The van der Waals surface area contributed by atoms with Crippen molar-refractivity contribution >= 4 is 34.8 Å². The highest BCUT2D eigenvalue weighted by Crippen LogP contribution is 2.37. The first-order chi connectivity index (χ1) is 10.3. The molecule has 7 heteroatoms. The highest BCUT2D eigenvalue weighted by Gasteiger charge is 2.24. The first-order valence-corrected chi connectivity index (χ1v) is 7.52. The Hall–Kier alpha value is -1.36. The normalized spacial score (nSPS) is 11.3. The Morgan fingerprint density at radius 1 is 1.14 bits per heavy atom. The number of hydrogen-bond acceptors (Lipinski definition) is 4. The number of halogens is 3. The van der Waals surface area contributed by atoms with Gasteiger partial charge in [-0.1, -0.05) is 34.8 Å². The molecule has 0 aliphatic heterocycles. The number of hydrogen-bond donors (Lipinski definition) is 1. The van der Waals surface area contributed by atoms with E-state index in [4.69, 9.17) is 44.3 Å². The van der Waals surface area contributed by atoms with E-state index >= 15 is 0 Å². The minimum atomic E-state index is -0.720. The van der Waals surface area contributed by atoms with E-state index in [1.165, 1.54) is 12.1 Å². The van der Waals surface area contributed by atoms with Crippen LogP contribution in [0.3, 0.4) is 0 Å². The number of benzene rings is 1. The van der Waals surface area contributed by atoms with Crippen molar-refractivity contribution in [3.05, 3.63) is 45.5 Å². The van der Waals surface area contributed by atoms with Crippen molar-refractivity contribution in [1.82, 2.24) is 4.98 Å². The third-order valence-corrected chi connectivity index (χ3v) is 3.49. The average molecular weight is 363 g/mol. The van der Waals surface area contributed by atoms with E-state index in [1.807, 2.05) is 13.8 Å². The molecule has 0 unspecified atom stereocenters. The summed E-state index contributed by atoms with van der Waals surface area (Å²) in [6.45, 7) is 3.80. The minimum absolute atomic E-state index is 0.0295. The van der Waals surface area contributed by atoms with Crippen LogP contribution >= 0.6 is 34.8 Å². The minimum Gasteiger partial charge on any atom is -0.508 e. The number of phenolic OH excluding ortho intramolecular Hbond substituents is 1. The Bertz CT molecular complexity index is 654. The van der Waals surface area contributed by atoms with Gasteiger partial charge >= 0.3 is 0 Å². The van der Waals surface area contributed by atoms with Crippen molar-refractivity contribution in [2.45, 2.75) is 19.4 Å². The second-order valence-electron chi connectivity index (χ2n) is 5.18. The third kappa shape index (κ3) is 4.32. The van der Waals surface area contributed by atoms with Gasteiger partial charge in [0.25, 0.3) is 0 Å². The summed E-state index contributed by atoms with van der Waals surface area (Å²) in [5.41, 5.74) is -0.720. The molecular formula is C15H14Cl3NO3. The summed E-state index contributed by atoms with van der Waals surface area (Å²) < 4.78 is 11.4. The molecule has 0 spiro atoms. The fourth-order valence-electron chi connectivity index (χ4n) is 1.67. The molecule has 0 aliphatic rings. The van der Waals surface area contributed by atoms with E-state index in [0.29, 0.717) is 10.9 Å². The van der Waals surface area contributed by atoms with Gasteiger partial charge in [0.2, 0.25) is 5.88 Å². The molecule has 22 heavy (non-hydrogen) atoms. The maximum absolute atomic E-state index is 9.40. The van der Waals surface area contributed by atoms with Crippen LogP contribution in [0.1, 0.15) is 13.8 Å². The van der Waals surface area contributed by atoms with E-state index in [2.05, 4.69) is 4.98 Å². The topological polar surface area (TPSA) is 51.6 Å². The largest absolute Gasteiger partial charge is 0.508 e. The van der Waals surface area contributed by atoms with E-state index in [1.54, 1.807) is 18.3 Å². The molecule has 4 nitrogen and oxygen atoms in total. The molecule has 1 heterocycles. The molecule has 0 fully saturated rings. The predicted octanol–water partition coefficient (Wildman–Crippen LogP) is 4.98. The maximum atomic E-state index is 9.40. The van der Waals surface area contributed by atoms with E-state index in [9.17, 15) is 5.11 Å². The molecule has 118 valence electrons. The Kier molecular flexibility index (Phi) is 5.27. The zero-order chi connectivity index (χ0) is 16.3. The van der Waals surface area contributed by atoms with Crippen LogP contribution < -0.4 is 9.47 Å². The average Bonchev–Trinajstić information content (AvgIpc) is 2.40. The molecule has 0 saturated carbocycles. The fraction of sp³-hybridized carbons (Fsp3) is 0.267. The molecule has 1 aromatic carbocycles. The molecule has 0 amide bonds. The van der Waals surface area contributed by atoms with Crippen molar-refractivity contribution in [2.24, 2.45) is 0 Å². The number of ether oxygens (including phenoxy) is 2. The number of phenols is 1. The standard InChI is InChI=1S/C15H14Cl3NO3/c1-15(2,22-14-10(16)4-3-5-19-14)8-21-13-11(17)6-9(20)7-12(13)18/h3-7,20H,8H2,1-2H3. The fourth-order valence-corrected chi connectivity index (χ4v) is 2.41. The van der Waals surface area contributed by atoms with Gasteiger partial charge in [0.1, 0.15) is 23.0 Å². The number of nitrogens with zero attached hydrogens (tertiary/aromatic N) is 1. The summed E-state index contributed by atoms with van der Waals surface area (Å²) in [6, 6.07) is 6.11. The Morgan fingerprint density at radius 3 is 2.36 bits per heavy atom. The zero-order valence-electron chi connectivity index (χ0n) is 11.9. The van der Waals surface area contributed by atoms with Crippen LogP contribution in [-0.2, 0) is 0 Å². The van der Waals surface area contributed by atoms with Gasteiger partial charge in [-0.05, 0) is 26.0 Å². The molecule has 1 N–H and O–H groups in total. The van der Waals surface area contributed by atoms with E-state index in [-0.39, 0.29) is 28.2 Å². The third-order valence-electron chi connectivity index (χ3n) is 2.64. The van der Waals surface area contributed by atoms with Crippen LogP contribution in [0.5, 0.6) is 17.4 Å². The molecule has 0 bridgehead atoms.